The van der Waals surface area contributed by atoms with Crippen molar-refractivity contribution in [1.29, 1.82) is 0 Å². The summed E-state index contributed by atoms with van der Waals surface area (Å²) in [5, 5.41) is 10.3. The normalized spacial score (nSPS) is 27.7. The van der Waals surface area contributed by atoms with Crippen LogP contribution < -0.4 is 9.80 Å². The second kappa shape index (κ2) is 11.0. The van der Waals surface area contributed by atoms with Crippen LogP contribution in [-0.4, -0.2) is 49.3 Å². The molecular weight excluding hydrogens is 532 g/mol. The molecule has 2 N–H and O–H groups in total. The summed E-state index contributed by atoms with van der Waals surface area (Å²) in [5.74, 6) is -0.336. The van der Waals surface area contributed by atoms with Crippen LogP contribution in [0, 0.1) is 5.92 Å². The van der Waals surface area contributed by atoms with E-state index >= 15 is 0 Å². The highest BCUT2D eigenvalue weighted by atomic mass is 35.5. The molecule has 3 aliphatic rings. The molecule has 0 aromatic heterocycles. The summed E-state index contributed by atoms with van der Waals surface area (Å²) < 4.78 is 6.63. The van der Waals surface area contributed by atoms with Crippen LogP contribution in [0.1, 0.15) is 56.6 Å². The molecule has 3 aliphatic heterocycles. The fourth-order valence-electron chi connectivity index (χ4n) is 7.04. The number of amides is 2. The van der Waals surface area contributed by atoms with E-state index in [2.05, 4.69) is 0 Å². The van der Waals surface area contributed by atoms with E-state index in [1.807, 2.05) is 61.3 Å². The minimum Gasteiger partial charge on any atom is -0.432 e. The molecule has 0 radical (unpaired) electrons. The van der Waals surface area contributed by atoms with Gasteiger partial charge in [-0.2, -0.15) is 0 Å². The average molecular weight is 571 g/mol. The molecule has 0 unspecified atom stereocenters. The van der Waals surface area contributed by atoms with Crippen molar-refractivity contribution in [3.05, 3.63) is 58.6 Å². The van der Waals surface area contributed by atoms with Crippen molar-refractivity contribution in [1.82, 2.24) is 0 Å². The van der Waals surface area contributed by atoms with Crippen molar-refractivity contribution < 1.29 is 24.2 Å². The molecule has 2 aromatic rings. The van der Waals surface area contributed by atoms with Gasteiger partial charge in [0.1, 0.15) is 0 Å². The Morgan fingerprint density at radius 1 is 1.10 bits per heavy atom. The molecule has 2 saturated heterocycles. The Bertz CT molecular complexity index is 1250. The maximum atomic E-state index is 14.4. The van der Waals surface area contributed by atoms with E-state index in [0.29, 0.717) is 36.5 Å². The predicted octanol–water partition coefficient (Wildman–Crippen LogP) is 5.36. The summed E-state index contributed by atoms with van der Waals surface area (Å²) in [7, 11) is -2.76. The maximum Gasteiger partial charge on any atom is 0.264 e. The average Bonchev–Trinajstić information content (AvgIpc) is 3.29. The Kier molecular flexibility index (Phi) is 7.96. The summed E-state index contributed by atoms with van der Waals surface area (Å²) in [5.41, 5.74) is 1.71. The van der Waals surface area contributed by atoms with Gasteiger partial charge < -0.3 is 24.4 Å². The molecule has 2 fully saturated rings. The van der Waals surface area contributed by atoms with Crippen LogP contribution in [0.3, 0.4) is 0 Å². The first-order chi connectivity index (χ1) is 18.6. The first-order valence-electron chi connectivity index (χ1n) is 14.1. The van der Waals surface area contributed by atoms with E-state index in [-0.39, 0.29) is 29.9 Å². The fraction of sp³-hybridized carbons (Fsp3) is 0.533. The molecule has 7 nitrogen and oxygen atoms in total. The standard InChI is InChI=1S/C30H39ClN2O5Si/c1-20-28(39(2,3)37)26(14-16-34)38-30(20)24-18-22(31)12-13-25(24)33(29(30)36)19-21-9-8-10-23(17-21)32-15-7-5-4-6-11-27(32)35/h8-10,12-13,17-18,20,26,28,34,37H,4-7,11,14-16,19H2,1-3H3/t20-,26+,28-,30+/m0/s1. The summed E-state index contributed by atoms with van der Waals surface area (Å²) in [6, 6.07) is 13.3. The van der Waals surface area contributed by atoms with Crippen LogP contribution in [-0.2, 0) is 26.5 Å². The molecule has 2 amide bonds. The quantitative estimate of drug-likeness (QED) is 0.456. The van der Waals surface area contributed by atoms with Crippen molar-refractivity contribution in [2.75, 3.05) is 23.0 Å². The van der Waals surface area contributed by atoms with Gasteiger partial charge in [0, 0.05) is 47.3 Å². The third-order valence-electron chi connectivity index (χ3n) is 8.75. The molecule has 0 bridgehead atoms. The maximum absolute atomic E-state index is 14.4. The van der Waals surface area contributed by atoms with E-state index in [1.54, 1.807) is 11.0 Å². The van der Waals surface area contributed by atoms with Crippen molar-refractivity contribution in [2.24, 2.45) is 5.92 Å². The molecule has 2 aromatic carbocycles. The minimum atomic E-state index is -2.76. The highest BCUT2D eigenvalue weighted by Gasteiger charge is 2.66. The molecule has 4 atom stereocenters. The number of halogens is 1. The van der Waals surface area contributed by atoms with Crippen molar-refractivity contribution in [2.45, 2.75) is 82.3 Å². The zero-order chi connectivity index (χ0) is 27.9. The highest BCUT2D eigenvalue weighted by molar-refractivity contribution is 6.71. The van der Waals surface area contributed by atoms with Gasteiger partial charge in [0.25, 0.3) is 5.91 Å². The van der Waals surface area contributed by atoms with Gasteiger partial charge in [0.05, 0.1) is 18.3 Å². The monoisotopic (exact) mass is 570 g/mol. The predicted molar refractivity (Wildman–Crippen MR) is 155 cm³/mol. The number of nitrogens with zero attached hydrogens (tertiary/aromatic N) is 2. The topological polar surface area (TPSA) is 90.3 Å². The zero-order valence-corrected chi connectivity index (χ0v) is 24.8. The van der Waals surface area contributed by atoms with Crippen LogP contribution in [0.4, 0.5) is 11.4 Å². The van der Waals surface area contributed by atoms with Gasteiger partial charge in [0.15, 0.2) is 13.9 Å². The van der Waals surface area contributed by atoms with E-state index in [4.69, 9.17) is 16.3 Å². The Morgan fingerprint density at radius 3 is 2.62 bits per heavy atom. The van der Waals surface area contributed by atoms with Crippen molar-refractivity contribution >= 4 is 43.1 Å². The number of benzene rings is 2. The molecular formula is C30H39ClN2O5Si. The zero-order valence-electron chi connectivity index (χ0n) is 23.0. The van der Waals surface area contributed by atoms with Crippen molar-refractivity contribution in [3.63, 3.8) is 0 Å². The number of aliphatic hydroxyl groups excluding tert-OH is 1. The SMILES string of the molecule is C[C@H]1[C@H]([Si](C)(C)O)[C@@H](CCO)O[C@]12C(=O)N(Cc1cccc(N3CCCCCCC3=O)c1)c1ccc(Cl)cc12. The second-order valence-corrected chi connectivity index (χ2v) is 16.2. The second-order valence-electron chi connectivity index (χ2n) is 11.8. The number of hydrogen-bond acceptors (Lipinski definition) is 5. The summed E-state index contributed by atoms with van der Waals surface area (Å²) in [4.78, 5) is 42.1. The lowest BCUT2D eigenvalue weighted by Gasteiger charge is -2.32. The van der Waals surface area contributed by atoms with Crippen LogP contribution in [0.15, 0.2) is 42.5 Å². The lowest BCUT2D eigenvalue weighted by Crippen LogP contribution is -2.46. The Labute approximate surface area is 236 Å². The number of anilines is 2. The number of rotatable bonds is 6. The molecule has 5 rings (SSSR count). The van der Waals surface area contributed by atoms with E-state index < -0.39 is 20.0 Å². The van der Waals surface area contributed by atoms with Gasteiger partial charge in [-0.05, 0) is 68.3 Å². The first kappa shape index (κ1) is 28.3. The van der Waals surface area contributed by atoms with Gasteiger partial charge in [-0.1, -0.05) is 43.5 Å². The number of aliphatic hydroxyl groups is 1. The Morgan fingerprint density at radius 2 is 1.87 bits per heavy atom. The molecule has 0 aliphatic carbocycles. The number of fused-ring (bicyclic) bond motifs is 2. The number of ether oxygens (including phenoxy) is 1. The van der Waals surface area contributed by atoms with Gasteiger partial charge in [-0.25, -0.2) is 0 Å². The summed E-state index contributed by atoms with van der Waals surface area (Å²) >= 11 is 6.45. The smallest absolute Gasteiger partial charge is 0.264 e. The largest absolute Gasteiger partial charge is 0.432 e. The number of carbonyl (C=O) groups excluding carboxylic acids is 2. The van der Waals surface area contributed by atoms with Crippen molar-refractivity contribution in [3.8, 4) is 0 Å². The third kappa shape index (κ3) is 5.06. The van der Waals surface area contributed by atoms with Gasteiger partial charge in [-0.15, -0.1) is 0 Å². The fourth-order valence-corrected chi connectivity index (χ4v) is 9.82. The summed E-state index contributed by atoms with van der Waals surface area (Å²) in [6.07, 6.45) is 4.59. The minimum absolute atomic E-state index is 0.0865. The lowest BCUT2D eigenvalue weighted by atomic mass is 9.82. The molecule has 9 heteroatoms. The van der Waals surface area contributed by atoms with Crippen LogP contribution in [0.25, 0.3) is 0 Å². The Hall–Kier alpha value is -2.23. The van der Waals surface area contributed by atoms with E-state index in [9.17, 15) is 19.5 Å². The molecule has 1 spiro atoms. The molecule has 0 saturated carbocycles. The van der Waals surface area contributed by atoms with Gasteiger partial charge >= 0.3 is 0 Å². The number of carbonyl (C=O) groups is 2. The number of hydrogen-bond donors (Lipinski definition) is 2. The van der Waals surface area contributed by atoms with Crippen LogP contribution >= 0.6 is 11.6 Å². The van der Waals surface area contributed by atoms with Crippen LogP contribution in [0.5, 0.6) is 0 Å². The van der Waals surface area contributed by atoms with E-state index in [0.717, 1.165) is 42.6 Å². The molecule has 3 heterocycles. The van der Waals surface area contributed by atoms with Gasteiger partial charge in [-0.3, -0.25) is 9.59 Å². The van der Waals surface area contributed by atoms with Gasteiger partial charge in [0.2, 0.25) is 5.91 Å². The van der Waals surface area contributed by atoms with E-state index in [1.165, 1.54) is 0 Å². The summed E-state index contributed by atoms with van der Waals surface area (Å²) in [6.45, 7) is 6.65. The first-order valence-corrected chi connectivity index (χ1v) is 17.5. The third-order valence-corrected chi connectivity index (χ3v) is 11.5. The Balaban J connectivity index is 1.51. The highest BCUT2D eigenvalue weighted by Crippen LogP contribution is 2.60. The molecule has 210 valence electrons. The lowest BCUT2D eigenvalue weighted by molar-refractivity contribution is -0.146. The van der Waals surface area contributed by atoms with Crippen LogP contribution in [0.2, 0.25) is 23.7 Å². The molecule has 39 heavy (non-hydrogen) atoms.